The van der Waals surface area contributed by atoms with Crippen molar-refractivity contribution >= 4 is 23.5 Å². The maximum Gasteiger partial charge on any atom is 0.339 e. The Morgan fingerprint density at radius 2 is 1.83 bits per heavy atom. The Hall–Kier alpha value is -3.29. The van der Waals surface area contributed by atoms with E-state index in [1.54, 1.807) is 6.92 Å². The van der Waals surface area contributed by atoms with Gasteiger partial charge in [0.1, 0.15) is 5.69 Å². The van der Waals surface area contributed by atoms with Crippen LogP contribution in [-0.4, -0.2) is 36.4 Å². The molecule has 1 aromatic carbocycles. The number of H-pyrrole nitrogens is 1. The fraction of sp³-hybridized carbons (Fsp3) is 0.381. The van der Waals surface area contributed by atoms with Crippen molar-refractivity contribution in [2.45, 2.75) is 40.5 Å². The number of ether oxygens (including phenoxy) is 1. The lowest BCUT2D eigenvalue weighted by atomic mass is 10.0. The van der Waals surface area contributed by atoms with E-state index in [4.69, 9.17) is 4.74 Å². The largest absolute Gasteiger partial charge is 0.465 e. The molecule has 0 atom stereocenters. The van der Waals surface area contributed by atoms with E-state index >= 15 is 0 Å². The molecule has 0 radical (unpaired) electrons. The smallest absolute Gasteiger partial charge is 0.339 e. The lowest BCUT2D eigenvalue weighted by Crippen LogP contribution is -2.44. The standard InChI is InChI=1S/C21H28N4O4/c1-6-7-15-18(21(28)29-5)14(4)23-19(15)20(27)25-24-17(26)11-22-16-9-8-12(2)10-13(16)3/h8-10,22-23H,6-7,11H2,1-5H3,(H,24,26)(H,25,27). The second-order valence-corrected chi connectivity index (χ2v) is 6.89. The van der Waals surface area contributed by atoms with Crippen LogP contribution in [0.15, 0.2) is 18.2 Å². The lowest BCUT2D eigenvalue weighted by Gasteiger charge is -2.11. The van der Waals surface area contributed by atoms with E-state index in [1.807, 2.05) is 39.0 Å². The molecule has 156 valence electrons. The van der Waals surface area contributed by atoms with E-state index in [2.05, 4.69) is 21.2 Å². The van der Waals surface area contributed by atoms with E-state index in [0.717, 1.165) is 23.2 Å². The first kappa shape index (κ1) is 22.0. The van der Waals surface area contributed by atoms with Crippen LogP contribution in [0.1, 0.15) is 56.6 Å². The summed E-state index contributed by atoms with van der Waals surface area (Å²) < 4.78 is 4.82. The highest BCUT2D eigenvalue weighted by molar-refractivity contribution is 6.01. The fourth-order valence-corrected chi connectivity index (χ4v) is 3.17. The molecule has 0 unspecified atom stereocenters. The monoisotopic (exact) mass is 400 g/mol. The van der Waals surface area contributed by atoms with E-state index < -0.39 is 17.8 Å². The molecule has 0 bridgehead atoms. The molecular formula is C21H28N4O4. The molecule has 2 amide bonds. The van der Waals surface area contributed by atoms with Crippen LogP contribution >= 0.6 is 0 Å². The van der Waals surface area contributed by atoms with Crippen molar-refractivity contribution in [2.75, 3.05) is 19.0 Å². The highest BCUT2D eigenvalue weighted by Gasteiger charge is 2.24. The van der Waals surface area contributed by atoms with Crippen molar-refractivity contribution in [3.05, 3.63) is 51.8 Å². The number of carbonyl (C=O) groups excluding carboxylic acids is 3. The molecule has 8 nitrogen and oxygen atoms in total. The molecule has 0 fully saturated rings. The van der Waals surface area contributed by atoms with Crippen LogP contribution in [0.25, 0.3) is 0 Å². The van der Waals surface area contributed by atoms with Crippen LogP contribution in [0, 0.1) is 20.8 Å². The average molecular weight is 400 g/mol. The van der Waals surface area contributed by atoms with Gasteiger partial charge < -0.3 is 15.0 Å². The van der Waals surface area contributed by atoms with Crippen LogP contribution in [-0.2, 0) is 16.0 Å². The fourth-order valence-electron chi connectivity index (χ4n) is 3.17. The maximum absolute atomic E-state index is 12.6. The normalized spacial score (nSPS) is 10.4. The number of anilines is 1. The Balaban J connectivity index is 2.01. The first-order valence-corrected chi connectivity index (χ1v) is 9.48. The van der Waals surface area contributed by atoms with E-state index in [0.29, 0.717) is 23.2 Å². The third-order valence-electron chi connectivity index (χ3n) is 4.54. The Bertz CT molecular complexity index is 918. The second-order valence-electron chi connectivity index (χ2n) is 6.89. The van der Waals surface area contributed by atoms with Crippen molar-refractivity contribution in [3.8, 4) is 0 Å². The summed E-state index contributed by atoms with van der Waals surface area (Å²) in [6.07, 6.45) is 1.27. The number of methoxy groups -OCH3 is 1. The highest BCUT2D eigenvalue weighted by Crippen LogP contribution is 2.21. The molecule has 29 heavy (non-hydrogen) atoms. The minimum atomic E-state index is -0.522. The summed E-state index contributed by atoms with van der Waals surface area (Å²) in [4.78, 5) is 39.6. The minimum absolute atomic E-state index is 0.00314. The number of aromatic amines is 1. The minimum Gasteiger partial charge on any atom is -0.465 e. The molecule has 4 N–H and O–H groups in total. The van der Waals surface area contributed by atoms with Gasteiger partial charge in [0, 0.05) is 11.4 Å². The predicted molar refractivity (Wildman–Crippen MR) is 111 cm³/mol. The summed E-state index contributed by atoms with van der Waals surface area (Å²) >= 11 is 0. The Kier molecular flexibility index (Phi) is 7.41. The zero-order chi connectivity index (χ0) is 21.6. The van der Waals surface area contributed by atoms with Crippen molar-refractivity contribution in [1.82, 2.24) is 15.8 Å². The van der Waals surface area contributed by atoms with Crippen molar-refractivity contribution in [2.24, 2.45) is 0 Å². The van der Waals surface area contributed by atoms with E-state index in [9.17, 15) is 14.4 Å². The topological polar surface area (TPSA) is 112 Å². The first-order chi connectivity index (χ1) is 13.8. The number of nitrogens with one attached hydrogen (secondary N) is 4. The molecular weight excluding hydrogens is 372 g/mol. The van der Waals surface area contributed by atoms with Gasteiger partial charge in [-0.1, -0.05) is 31.0 Å². The Labute approximate surface area is 170 Å². The highest BCUT2D eigenvalue weighted by atomic mass is 16.5. The SMILES string of the molecule is CCCc1c(C(=O)NNC(=O)CNc2ccc(C)cc2C)[nH]c(C)c1C(=O)OC. The summed E-state index contributed by atoms with van der Waals surface area (Å²) in [6, 6.07) is 5.88. The molecule has 0 saturated heterocycles. The van der Waals surface area contributed by atoms with Gasteiger partial charge in [0.05, 0.1) is 19.2 Å². The van der Waals surface area contributed by atoms with Gasteiger partial charge in [0.25, 0.3) is 11.8 Å². The quantitative estimate of drug-likeness (QED) is 0.421. The van der Waals surface area contributed by atoms with Gasteiger partial charge in [-0.2, -0.15) is 0 Å². The number of benzene rings is 1. The van der Waals surface area contributed by atoms with E-state index in [-0.39, 0.29) is 12.2 Å². The third kappa shape index (κ3) is 5.37. The number of esters is 1. The first-order valence-electron chi connectivity index (χ1n) is 9.48. The van der Waals surface area contributed by atoms with Crippen LogP contribution in [0.5, 0.6) is 0 Å². The van der Waals surface area contributed by atoms with Gasteiger partial charge in [-0.05, 0) is 44.4 Å². The van der Waals surface area contributed by atoms with Crippen LogP contribution < -0.4 is 16.2 Å². The Morgan fingerprint density at radius 3 is 2.45 bits per heavy atom. The number of aromatic nitrogens is 1. The van der Waals surface area contributed by atoms with Crippen LogP contribution in [0.3, 0.4) is 0 Å². The van der Waals surface area contributed by atoms with Crippen LogP contribution in [0.2, 0.25) is 0 Å². The predicted octanol–water partition coefficient (Wildman–Crippen LogP) is 2.55. The number of carbonyl (C=O) groups is 3. The van der Waals surface area contributed by atoms with Gasteiger partial charge in [0.15, 0.2) is 0 Å². The Morgan fingerprint density at radius 1 is 1.10 bits per heavy atom. The molecule has 2 aromatic rings. The van der Waals surface area contributed by atoms with Gasteiger partial charge in [-0.15, -0.1) is 0 Å². The molecule has 0 spiro atoms. The second kappa shape index (κ2) is 9.77. The number of amides is 2. The van der Waals surface area contributed by atoms with Crippen molar-refractivity contribution < 1.29 is 19.1 Å². The summed E-state index contributed by atoms with van der Waals surface area (Å²) in [5.74, 6) is -1.42. The average Bonchev–Trinajstić information content (AvgIpc) is 3.01. The summed E-state index contributed by atoms with van der Waals surface area (Å²) in [6.45, 7) is 7.61. The third-order valence-corrected chi connectivity index (χ3v) is 4.54. The van der Waals surface area contributed by atoms with Crippen molar-refractivity contribution in [1.29, 1.82) is 0 Å². The van der Waals surface area contributed by atoms with Gasteiger partial charge in [0.2, 0.25) is 0 Å². The molecule has 0 aliphatic rings. The molecule has 1 heterocycles. The molecule has 0 aliphatic heterocycles. The molecule has 0 saturated carbocycles. The summed E-state index contributed by atoms with van der Waals surface area (Å²) in [5.41, 5.74) is 9.54. The summed E-state index contributed by atoms with van der Waals surface area (Å²) in [7, 11) is 1.30. The van der Waals surface area contributed by atoms with Crippen LogP contribution in [0.4, 0.5) is 5.69 Å². The summed E-state index contributed by atoms with van der Waals surface area (Å²) in [5, 5.41) is 3.04. The number of rotatable bonds is 7. The zero-order valence-corrected chi connectivity index (χ0v) is 17.5. The van der Waals surface area contributed by atoms with E-state index in [1.165, 1.54) is 7.11 Å². The van der Waals surface area contributed by atoms with Gasteiger partial charge in [-0.25, -0.2) is 4.79 Å². The van der Waals surface area contributed by atoms with Gasteiger partial charge in [-0.3, -0.25) is 20.4 Å². The number of hydrogen-bond donors (Lipinski definition) is 4. The number of hydrazine groups is 1. The zero-order valence-electron chi connectivity index (χ0n) is 17.5. The lowest BCUT2D eigenvalue weighted by molar-refractivity contribution is -0.120. The molecule has 1 aromatic heterocycles. The maximum atomic E-state index is 12.6. The molecule has 0 aliphatic carbocycles. The molecule has 8 heteroatoms. The number of aryl methyl sites for hydroxylation is 3. The van der Waals surface area contributed by atoms with Gasteiger partial charge >= 0.3 is 5.97 Å². The van der Waals surface area contributed by atoms with Crippen molar-refractivity contribution in [3.63, 3.8) is 0 Å². The number of hydrogen-bond acceptors (Lipinski definition) is 5. The molecule has 2 rings (SSSR count).